The van der Waals surface area contributed by atoms with Gasteiger partial charge < -0.3 is 10.0 Å². The van der Waals surface area contributed by atoms with Crippen LogP contribution in [-0.2, 0) is 7.05 Å². The van der Waals surface area contributed by atoms with Crippen molar-refractivity contribution in [3.63, 3.8) is 0 Å². The van der Waals surface area contributed by atoms with Gasteiger partial charge in [0.15, 0.2) is 5.69 Å². The van der Waals surface area contributed by atoms with Crippen molar-refractivity contribution in [3.8, 4) is 11.3 Å². The number of hydrogen-bond acceptors (Lipinski definition) is 4. The van der Waals surface area contributed by atoms with Crippen molar-refractivity contribution in [1.82, 2.24) is 14.7 Å². The number of anilines is 1. The highest BCUT2D eigenvalue weighted by molar-refractivity contribution is 5.87. The third-order valence-corrected chi connectivity index (χ3v) is 4.65. The van der Waals surface area contributed by atoms with Crippen LogP contribution in [0.5, 0.6) is 0 Å². The summed E-state index contributed by atoms with van der Waals surface area (Å²) in [5, 5.41) is 13.2. The van der Waals surface area contributed by atoms with E-state index in [4.69, 9.17) is 5.11 Å². The Morgan fingerprint density at radius 3 is 2.46 bits per heavy atom. The molecule has 3 rings (SSSR count). The number of aromatic nitrogens is 2. The average molecular weight is 328 g/mol. The highest BCUT2D eigenvalue weighted by Gasteiger charge is 2.20. The van der Waals surface area contributed by atoms with Crippen LogP contribution >= 0.6 is 0 Å². The molecule has 2 heterocycles. The molecule has 1 aromatic heterocycles. The highest BCUT2D eigenvalue weighted by Crippen LogP contribution is 2.26. The highest BCUT2D eigenvalue weighted by atomic mass is 16.4. The number of aryl methyl sites for hydroxylation is 1. The lowest BCUT2D eigenvalue weighted by molar-refractivity contribution is 0.0689. The number of carboxylic acids is 1. The minimum atomic E-state index is -1.00. The van der Waals surface area contributed by atoms with Crippen molar-refractivity contribution in [3.05, 3.63) is 36.0 Å². The molecule has 0 saturated carbocycles. The molecule has 1 saturated heterocycles. The van der Waals surface area contributed by atoms with Crippen molar-refractivity contribution in [2.75, 3.05) is 31.1 Å². The van der Waals surface area contributed by atoms with Crippen LogP contribution in [0.4, 0.5) is 5.69 Å². The second-order valence-electron chi connectivity index (χ2n) is 6.51. The minimum absolute atomic E-state index is 0.0726. The van der Waals surface area contributed by atoms with Gasteiger partial charge in [-0.1, -0.05) is 12.1 Å². The predicted molar refractivity (Wildman–Crippen MR) is 94.5 cm³/mol. The first kappa shape index (κ1) is 16.5. The zero-order chi connectivity index (χ0) is 17.3. The fourth-order valence-corrected chi connectivity index (χ4v) is 3.20. The van der Waals surface area contributed by atoms with E-state index >= 15 is 0 Å². The molecule has 1 N–H and O–H groups in total. The average Bonchev–Trinajstić information content (AvgIpc) is 2.97. The normalized spacial score (nSPS) is 15.9. The van der Waals surface area contributed by atoms with E-state index in [0.29, 0.717) is 6.04 Å². The first-order chi connectivity index (χ1) is 11.5. The fraction of sp³-hybridized carbons (Fsp3) is 0.444. The van der Waals surface area contributed by atoms with Crippen LogP contribution in [0.1, 0.15) is 24.3 Å². The maximum absolute atomic E-state index is 11.1. The second-order valence-corrected chi connectivity index (χ2v) is 6.51. The Morgan fingerprint density at radius 1 is 1.17 bits per heavy atom. The summed E-state index contributed by atoms with van der Waals surface area (Å²) in [5.74, 6) is -1.00. The summed E-state index contributed by atoms with van der Waals surface area (Å²) < 4.78 is 1.62. The van der Waals surface area contributed by atoms with Crippen LogP contribution in [0, 0.1) is 0 Å². The van der Waals surface area contributed by atoms with Gasteiger partial charge in [-0.15, -0.1) is 0 Å². The molecule has 0 radical (unpaired) electrons. The number of nitrogens with zero attached hydrogens (tertiary/aromatic N) is 4. The van der Waals surface area contributed by atoms with Crippen LogP contribution < -0.4 is 4.90 Å². The van der Waals surface area contributed by atoms with E-state index in [1.165, 1.54) is 5.69 Å². The Hall–Kier alpha value is -2.34. The van der Waals surface area contributed by atoms with Gasteiger partial charge in [-0.3, -0.25) is 9.58 Å². The van der Waals surface area contributed by atoms with Gasteiger partial charge in [0.1, 0.15) is 0 Å². The number of carbonyl (C=O) groups is 1. The molecule has 2 aromatic rings. The quantitative estimate of drug-likeness (QED) is 0.933. The van der Waals surface area contributed by atoms with E-state index < -0.39 is 5.97 Å². The zero-order valence-electron chi connectivity index (χ0n) is 14.4. The van der Waals surface area contributed by atoms with E-state index in [-0.39, 0.29) is 5.69 Å². The number of hydrogen-bond donors (Lipinski definition) is 1. The van der Waals surface area contributed by atoms with E-state index in [1.54, 1.807) is 17.8 Å². The molecule has 0 unspecified atom stereocenters. The third kappa shape index (κ3) is 3.28. The van der Waals surface area contributed by atoms with E-state index in [1.807, 2.05) is 12.1 Å². The molecule has 0 aliphatic carbocycles. The molecule has 6 nitrogen and oxygen atoms in total. The maximum atomic E-state index is 11.1. The largest absolute Gasteiger partial charge is 0.476 e. The number of aromatic carboxylic acids is 1. The van der Waals surface area contributed by atoms with Gasteiger partial charge >= 0.3 is 5.97 Å². The summed E-state index contributed by atoms with van der Waals surface area (Å²) in [4.78, 5) is 16.0. The van der Waals surface area contributed by atoms with Crippen LogP contribution in [0.3, 0.4) is 0 Å². The van der Waals surface area contributed by atoms with Crippen LogP contribution in [0.25, 0.3) is 11.3 Å². The molecule has 1 aliphatic heterocycles. The molecule has 0 amide bonds. The van der Waals surface area contributed by atoms with E-state index in [2.05, 4.69) is 40.9 Å². The van der Waals surface area contributed by atoms with Crippen LogP contribution in [-0.4, -0.2) is 58.0 Å². The Bertz CT molecular complexity index is 730. The van der Waals surface area contributed by atoms with Gasteiger partial charge in [0, 0.05) is 50.5 Å². The van der Waals surface area contributed by atoms with Crippen molar-refractivity contribution < 1.29 is 9.90 Å². The van der Waals surface area contributed by atoms with Crippen molar-refractivity contribution in [2.24, 2.45) is 7.05 Å². The standard InChI is InChI=1S/C18H24N4O2/c1-13(2)21-7-9-22(10-8-21)15-6-4-5-14(11-15)17-12-16(18(23)24)19-20(17)3/h4-6,11-13H,7-10H2,1-3H3,(H,23,24). The molecule has 0 spiro atoms. The van der Waals surface area contributed by atoms with Crippen molar-refractivity contribution >= 4 is 11.7 Å². The Balaban J connectivity index is 1.81. The molecule has 6 heteroatoms. The lowest BCUT2D eigenvalue weighted by Crippen LogP contribution is -2.48. The second kappa shape index (κ2) is 6.65. The monoisotopic (exact) mass is 328 g/mol. The molecule has 0 atom stereocenters. The van der Waals surface area contributed by atoms with E-state index in [0.717, 1.165) is 37.4 Å². The predicted octanol–water partition coefficient (Wildman–Crippen LogP) is 2.32. The first-order valence-corrected chi connectivity index (χ1v) is 8.32. The van der Waals surface area contributed by atoms with Gasteiger partial charge in [0.05, 0.1) is 5.69 Å². The van der Waals surface area contributed by atoms with Gasteiger partial charge in [-0.2, -0.15) is 5.10 Å². The lowest BCUT2D eigenvalue weighted by Gasteiger charge is -2.38. The molecule has 24 heavy (non-hydrogen) atoms. The zero-order valence-corrected chi connectivity index (χ0v) is 14.4. The fourth-order valence-electron chi connectivity index (χ4n) is 3.20. The Kier molecular flexibility index (Phi) is 4.57. The van der Waals surface area contributed by atoms with Crippen LogP contribution in [0.15, 0.2) is 30.3 Å². The topological polar surface area (TPSA) is 61.6 Å². The Labute approximate surface area is 142 Å². The summed E-state index contributed by atoms with van der Waals surface area (Å²) >= 11 is 0. The van der Waals surface area contributed by atoms with Gasteiger partial charge in [0.25, 0.3) is 0 Å². The molecule has 0 bridgehead atoms. The lowest BCUT2D eigenvalue weighted by atomic mass is 10.1. The molecule has 1 aromatic carbocycles. The van der Waals surface area contributed by atoms with Crippen LogP contribution in [0.2, 0.25) is 0 Å². The summed E-state index contributed by atoms with van der Waals surface area (Å²) in [6.07, 6.45) is 0. The summed E-state index contributed by atoms with van der Waals surface area (Å²) in [6, 6.07) is 10.5. The molecule has 1 fully saturated rings. The minimum Gasteiger partial charge on any atom is -0.476 e. The van der Waals surface area contributed by atoms with Gasteiger partial charge in [-0.05, 0) is 32.0 Å². The molecular weight excluding hydrogens is 304 g/mol. The maximum Gasteiger partial charge on any atom is 0.356 e. The molecular formula is C18H24N4O2. The molecule has 1 aliphatic rings. The number of benzene rings is 1. The number of piperazine rings is 1. The number of carboxylic acid groups (broad SMARTS) is 1. The van der Waals surface area contributed by atoms with E-state index in [9.17, 15) is 4.79 Å². The SMILES string of the molecule is CC(C)N1CCN(c2cccc(-c3cc(C(=O)O)nn3C)c2)CC1. The smallest absolute Gasteiger partial charge is 0.356 e. The van der Waals surface area contributed by atoms with Crippen molar-refractivity contribution in [2.45, 2.75) is 19.9 Å². The summed E-state index contributed by atoms with van der Waals surface area (Å²) in [7, 11) is 1.77. The first-order valence-electron chi connectivity index (χ1n) is 8.32. The molecule has 128 valence electrons. The number of rotatable bonds is 4. The summed E-state index contributed by atoms with van der Waals surface area (Å²) in [5.41, 5.74) is 3.05. The van der Waals surface area contributed by atoms with Gasteiger partial charge in [0.2, 0.25) is 0 Å². The Morgan fingerprint density at radius 2 is 1.88 bits per heavy atom. The summed E-state index contributed by atoms with van der Waals surface area (Å²) in [6.45, 7) is 8.62. The third-order valence-electron chi connectivity index (χ3n) is 4.65. The van der Waals surface area contributed by atoms with Crippen molar-refractivity contribution in [1.29, 1.82) is 0 Å². The van der Waals surface area contributed by atoms with Gasteiger partial charge in [-0.25, -0.2) is 4.79 Å².